The van der Waals surface area contributed by atoms with Crippen LogP contribution in [-0.2, 0) is 4.74 Å². The number of carbonyl (C=O) groups is 1. The summed E-state index contributed by atoms with van der Waals surface area (Å²) in [5.41, 5.74) is 3.89. The third-order valence-corrected chi connectivity index (χ3v) is 6.37. The van der Waals surface area contributed by atoms with Gasteiger partial charge in [0.2, 0.25) is 0 Å². The van der Waals surface area contributed by atoms with Gasteiger partial charge in [-0.05, 0) is 62.1 Å². The molecule has 1 amide bonds. The molecule has 0 saturated carbocycles. The fourth-order valence-electron chi connectivity index (χ4n) is 3.49. The maximum absolute atomic E-state index is 13.4. The molecule has 1 atom stereocenters. The summed E-state index contributed by atoms with van der Waals surface area (Å²) in [6.07, 6.45) is 2.05. The van der Waals surface area contributed by atoms with Crippen LogP contribution in [-0.4, -0.2) is 37.3 Å². The molecule has 146 valence electrons. The number of hydrogen-bond acceptors (Lipinski definition) is 5. The van der Waals surface area contributed by atoms with Crippen LogP contribution in [0.15, 0.2) is 36.4 Å². The van der Waals surface area contributed by atoms with Gasteiger partial charge in [0, 0.05) is 12.2 Å². The standard InChI is InChI=1S/C22H24N2O3S/c1-14-6-7-15(2)20-19(14)23-22(28-20)24(13-18-5-4-12-27-18)21(25)16-8-10-17(26-3)11-9-16/h6-11,18H,4-5,12-13H2,1-3H3. The Kier molecular flexibility index (Phi) is 5.33. The highest BCUT2D eigenvalue weighted by Crippen LogP contribution is 2.34. The third kappa shape index (κ3) is 3.62. The SMILES string of the molecule is COc1ccc(C(=O)N(CC2CCCO2)c2nc3c(C)ccc(C)c3s2)cc1. The van der Waals surface area contributed by atoms with E-state index >= 15 is 0 Å². The molecule has 4 rings (SSSR count). The molecule has 6 heteroatoms. The lowest BCUT2D eigenvalue weighted by Gasteiger charge is -2.23. The van der Waals surface area contributed by atoms with Crippen LogP contribution in [0.25, 0.3) is 10.2 Å². The molecule has 1 unspecified atom stereocenters. The van der Waals surface area contributed by atoms with E-state index in [-0.39, 0.29) is 12.0 Å². The molecule has 2 aromatic carbocycles. The van der Waals surface area contributed by atoms with Crippen molar-refractivity contribution in [1.82, 2.24) is 4.98 Å². The highest BCUT2D eigenvalue weighted by Gasteiger charge is 2.27. The number of fused-ring (bicyclic) bond motifs is 1. The fraction of sp³-hybridized carbons (Fsp3) is 0.364. The topological polar surface area (TPSA) is 51.7 Å². The first-order valence-corrected chi connectivity index (χ1v) is 10.3. The van der Waals surface area contributed by atoms with Gasteiger partial charge in [0.05, 0.1) is 30.0 Å². The summed E-state index contributed by atoms with van der Waals surface area (Å²) >= 11 is 1.57. The van der Waals surface area contributed by atoms with Crippen molar-refractivity contribution < 1.29 is 14.3 Å². The number of ether oxygens (including phenoxy) is 2. The van der Waals surface area contributed by atoms with Crippen molar-refractivity contribution >= 4 is 32.6 Å². The highest BCUT2D eigenvalue weighted by molar-refractivity contribution is 7.22. The molecule has 0 radical (unpaired) electrons. The predicted octanol–water partition coefficient (Wildman–Crippen LogP) is 4.75. The lowest BCUT2D eigenvalue weighted by atomic mass is 10.1. The number of aromatic nitrogens is 1. The van der Waals surface area contributed by atoms with Crippen LogP contribution < -0.4 is 9.64 Å². The minimum absolute atomic E-state index is 0.0522. The Morgan fingerprint density at radius 2 is 1.96 bits per heavy atom. The van der Waals surface area contributed by atoms with Crippen molar-refractivity contribution in [1.29, 1.82) is 0 Å². The fourth-order valence-corrected chi connectivity index (χ4v) is 4.61. The minimum atomic E-state index is -0.0625. The van der Waals surface area contributed by atoms with E-state index in [1.165, 1.54) is 5.56 Å². The molecule has 1 aliphatic rings. The smallest absolute Gasteiger partial charge is 0.260 e. The quantitative estimate of drug-likeness (QED) is 0.625. The van der Waals surface area contributed by atoms with Crippen molar-refractivity contribution in [3.63, 3.8) is 0 Å². The Labute approximate surface area is 168 Å². The number of aryl methyl sites for hydroxylation is 2. The molecule has 28 heavy (non-hydrogen) atoms. The summed E-state index contributed by atoms with van der Waals surface area (Å²) in [6.45, 7) is 5.41. The molecule has 1 aliphatic heterocycles. The van der Waals surface area contributed by atoms with E-state index in [0.717, 1.165) is 46.1 Å². The van der Waals surface area contributed by atoms with Gasteiger partial charge in [0.25, 0.3) is 5.91 Å². The normalized spacial score (nSPS) is 16.5. The minimum Gasteiger partial charge on any atom is -0.497 e. The second-order valence-electron chi connectivity index (χ2n) is 7.15. The third-order valence-electron chi connectivity index (χ3n) is 5.15. The molecule has 2 heterocycles. The number of hydrogen-bond donors (Lipinski definition) is 0. The van der Waals surface area contributed by atoms with Crippen LogP contribution in [0.4, 0.5) is 5.13 Å². The molecular formula is C22H24N2O3S. The zero-order valence-corrected chi connectivity index (χ0v) is 17.2. The number of anilines is 1. The molecule has 1 fully saturated rings. The van der Waals surface area contributed by atoms with Crippen molar-refractivity contribution in [2.45, 2.75) is 32.8 Å². The van der Waals surface area contributed by atoms with E-state index in [0.29, 0.717) is 12.1 Å². The largest absolute Gasteiger partial charge is 0.497 e. The van der Waals surface area contributed by atoms with Crippen LogP contribution in [0, 0.1) is 13.8 Å². The van der Waals surface area contributed by atoms with Crippen molar-refractivity contribution in [3.05, 3.63) is 53.1 Å². The van der Waals surface area contributed by atoms with Crippen molar-refractivity contribution in [2.75, 3.05) is 25.2 Å². The number of amides is 1. The molecule has 0 aliphatic carbocycles. The van der Waals surface area contributed by atoms with E-state index in [2.05, 4.69) is 26.0 Å². The Hall–Kier alpha value is -2.44. The Balaban J connectivity index is 1.73. The molecule has 0 N–H and O–H groups in total. The molecule has 3 aromatic rings. The van der Waals surface area contributed by atoms with Crippen LogP contribution in [0.3, 0.4) is 0 Å². The van der Waals surface area contributed by atoms with Crippen LogP contribution in [0.5, 0.6) is 5.75 Å². The summed E-state index contributed by atoms with van der Waals surface area (Å²) in [5, 5.41) is 0.726. The number of thiazole rings is 1. The van der Waals surface area contributed by atoms with Gasteiger partial charge in [-0.15, -0.1) is 0 Å². The van der Waals surface area contributed by atoms with Crippen molar-refractivity contribution in [2.24, 2.45) is 0 Å². The van der Waals surface area contributed by atoms with Crippen LogP contribution >= 0.6 is 11.3 Å². The summed E-state index contributed by atoms with van der Waals surface area (Å²) in [5.74, 6) is 0.668. The summed E-state index contributed by atoms with van der Waals surface area (Å²) < 4.78 is 12.2. The molecule has 5 nitrogen and oxygen atoms in total. The Bertz CT molecular complexity index is 952. The van der Waals surface area contributed by atoms with Gasteiger partial charge in [0.1, 0.15) is 5.75 Å². The first kappa shape index (κ1) is 18.9. The Morgan fingerprint density at radius 1 is 1.21 bits per heavy atom. The van der Waals surface area contributed by atoms with Gasteiger partial charge in [-0.1, -0.05) is 23.5 Å². The predicted molar refractivity (Wildman–Crippen MR) is 113 cm³/mol. The maximum Gasteiger partial charge on any atom is 0.260 e. The number of benzene rings is 2. The van der Waals surface area contributed by atoms with Gasteiger partial charge in [-0.2, -0.15) is 0 Å². The lowest BCUT2D eigenvalue weighted by Crippen LogP contribution is -2.37. The van der Waals surface area contributed by atoms with Gasteiger partial charge < -0.3 is 9.47 Å². The molecule has 1 aromatic heterocycles. The van der Waals surface area contributed by atoms with E-state index in [1.807, 2.05) is 12.1 Å². The molecule has 1 saturated heterocycles. The summed E-state index contributed by atoms with van der Waals surface area (Å²) in [4.78, 5) is 20.0. The van der Waals surface area contributed by atoms with Gasteiger partial charge in [-0.25, -0.2) is 4.98 Å². The summed E-state index contributed by atoms with van der Waals surface area (Å²) in [6, 6.07) is 11.4. The van der Waals surface area contributed by atoms with E-state index in [9.17, 15) is 4.79 Å². The molecule has 0 spiro atoms. The lowest BCUT2D eigenvalue weighted by molar-refractivity contribution is 0.0917. The van der Waals surface area contributed by atoms with Gasteiger partial charge in [-0.3, -0.25) is 9.69 Å². The van der Waals surface area contributed by atoms with Crippen molar-refractivity contribution in [3.8, 4) is 5.75 Å². The van der Waals surface area contributed by atoms with Crippen LogP contribution in [0.2, 0.25) is 0 Å². The maximum atomic E-state index is 13.4. The molecule has 0 bridgehead atoms. The zero-order chi connectivity index (χ0) is 19.7. The first-order chi connectivity index (χ1) is 13.6. The van der Waals surface area contributed by atoms with E-state index in [4.69, 9.17) is 14.5 Å². The molecular weight excluding hydrogens is 372 g/mol. The van der Waals surface area contributed by atoms with Gasteiger partial charge in [0.15, 0.2) is 5.13 Å². The highest BCUT2D eigenvalue weighted by atomic mass is 32.1. The van der Waals surface area contributed by atoms with Crippen LogP contribution in [0.1, 0.15) is 34.3 Å². The zero-order valence-electron chi connectivity index (χ0n) is 16.4. The van der Waals surface area contributed by atoms with E-state index < -0.39 is 0 Å². The summed E-state index contributed by atoms with van der Waals surface area (Å²) in [7, 11) is 1.62. The monoisotopic (exact) mass is 396 g/mol. The second-order valence-corrected chi connectivity index (χ2v) is 8.13. The van der Waals surface area contributed by atoms with E-state index in [1.54, 1.807) is 35.5 Å². The first-order valence-electron chi connectivity index (χ1n) is 9.51. The number of rotatable bonds is 5. The Morgan fingerprint density at radius 3 is 2.61 bits per heavy atom. The number of methoxy groups -OCH3 is 1. The average molecular weight is 397 g/mol. The average Bonchev–Trinajstić information content (AvgIpc) is 3.39. The second kappa shape index (κ2) is 7.89. The number of nitrogens with zero attached hydrogens (tertiary/aromatic N) is 2. The number of carbonyl (C=O) groups excluding carboxylic acids is 1. The van der Waals surface area contributed by atoms with Gasteiger partial charge >= 0.3 is 0 Å².